The van der Waals surface area contributed by atoms with Crippen LogP contribution in [0.2, 0.25) is 10.0 Å². The molecule has 0 aromatic heterocycles. The molecule has 1 unspecified atom stereocenters. The molecule has 2 N–H and O–H groups in total. The minimum absolute atomic E-state index is 0.0874. The molecular weight excluding hydrogens is 375 g/mol. The van der Waals surface area contributed by atoms with Crippen LogP contribution in [0.25, 0.3) is 0 Å². The molecule has 0 spiro atoms. The van der Waals surface area contributed by atoms with Crippen LogP contribution in [-0.4, -0.2) is 31.1 Å². The van der Waals surface area contributed by atoms with Crippen molar-refractivity contribution in [1.82, 2.24) is 5.32 Å². The lowest BCUT2D eigenvalue weighted by molar-refractivity contribution is 0.0857. The average Bonchev–Trinajstić information content (AvgIpc) is 3.16. The highest BCUT2D eigenvalue weighted by molar-refractivity contribution is 6.40. The highest BCUT2D eigenvalue weighted by atomic mass is 35.5. The van der Waals surface area contributed by atoms with Crippen molar-refractivity contribution in [2.75, 3.05) is 18.5 Å². The molecule has 3 rings (SSSR count). The van der Waals surface area contributed by atoms with E-state index >= 15 is 0 Å². The predicted molar refractivity (Wildman–Crippen MR) is 102 cm³/mol. The van der Waals surface area contributed by atoms with Gasteiger partial charge in [-0.3, -0.25) is 9.59 Å². The van der Waals surface area contributed by atoms with E-state index in [4.69, 9.17) is 27.9 Å². The zero-order chi connectivity index (χ0) is 18.5. The van der Waals surface area contributed by atoms with Crippen LogP contribution in [0.5, 0.6) is 0 Å². The Morgan fingerprint density at radius 3 is 2.19 bits per heavy atom. The van der Waals surface area contributed by atoms with Crippen LogP contribution in [-0.2, 0) is 4.74 Å². The number of benzene rings is 2. The SMILES string of the molecule is O=C(NCC1CCCO1)c1ccc(C(=O)Nc2c(Cl)cccc2Cl)cc1. The molecular formula is C19H18Cl2N2O3. The number of hydrogen-bond donors (Lipinski definition) is 2. The minimum atomic E-state index is -0.355. The number of halogens is 2. The van der Waals surface area contributed by atoms with Crippen molar-refractivity contribution in [1.29, 1.82) is 0 Å². The highest BCUT2D eigenvalue weighted by Crippen LogP contribution is 2.30. The van der Waals surface area contributed by atoms with Crippen molar-refractivity contribution < 1.29 is 14.3 Å². The van der Waals surface area contributed by atoms with Gasteiger partial charge in [-0.05, 0) is 49.2 Å². The lowest BCUT2D eigenvalue weighted by Gasteiger charge is -2.11. The Labute approximate surface area is 161 Å². The molecule has 0 radical (unpaired) electrons. The quantitative estimate of drug-likeness (QED) is 0.802. The number of ether oxygens (including phenoxy) is 1. The average molecular weight is 393 g/mol. The maximum absolute atomic E-state index is 12.4. The number of carbonyl (C=O) groups is 2. The van der Waals surface area contributed by atoms with Crippen molar-refractivity contribution in [3.8, 4) is 0 Å². The van der Waals surface area contributed by atoms with E-state index in [9.17, 15) is 9.59 Å². The molecule has 1 aliphatic rings. The first-order valence-electron chi connectivity index (χ1n) is 8.30. The molecule has 2 aromatic carbocycles. The summed E-state index contributed by atoms with van der Waals surface area (Å²) in [7, 11) is 0. The van der Waals surface area contributed by atoms with Gasteiger partial charge in [-0.2, -0.15) is 0 Å². The van der Waals surface area contributed by atoms with E-state index in [1.165, 1.54) is 0 Å². The van der Waals surface area contributed by atoms with E-state index < -0.39 is 0 Å². The van der Waals surface area contributed by atoms with E-state index in [0.29, 0.717) is 33.4 Å². The van der Waals surface area contributed by atoms with E-state index in [1.54, 1.807) is 42.5 Å². The van der Waals surface area contributed by atoms with Gasteiger partial charge in [-0.15, -0.1) is 0 Å². The van der Waals surface area contributed by atoms with Crippen molar-refractivity contribution in [2.45, 2.75) is 18.9 Å². The Hall–Kier alpha value is -2.08. The molecule has 136 valence electrons. The van der Waals surface area contributed by atoms with Crippen LogP contribution in [0.3, 0.4) is 0 Å². The third-order valence-corrected chi connectivity index (χ3v) is 4.75. The lowest BCUT2D eigenvalue weighted by atomic mass is 10.1. The van der Waals surface area contributed by atoms with Gasteiger partial charge in [0.1, 0.15) is 0 Å². The van der Waals surface area contributed by atoms with Gasteiger partial charge in [-0.1, -0.05) is 29.3 Å². The fraction of sp³-hybridized carbons (Fsp3) is 0.263. The first-order valence-corrected chi connectivity index (χ1v) is 9.05. The maximum Gasteiger partial charge on any atom is 0.255 e. The zero-order valence-corrected chi connectivity index (χ0v) is 15.4. The summed E-state index contributed by atoms with van der Waals surface area (Å²) in [5, 5.41) is 6.25. The monoisotopic (exact) mass is 392 g/mol. The van der Waals surface area contributed by atoms with Crippen LogP contribution < -0.4 is 10.6 Å². The van der Waals surface area contributed by atoms with Crippen molar-refractivity contribution in [2.24, 2.45) is 0 Å². The fourth-order valence-corrected chi connectivity index (χ4v) is 3.18. The second-order valence-corrected chi connectivity index (χ2v) is 6.79. The molecule has 7 heteroatoms. The smallest absolute Gasteiger partial charge is 0.255 e. The molecule has 26 heavy (non-hydrogen) atoms. The molecule has 0 aliphatic carbocycles. The Morgan fingerprint density at radius 1 is 1.00 bits per heavy atom. The third-order valence-electron chi connectivity index (χ3n) is 4.12. The molecule has 5 nitrogen and oxygen atoms in total. The van der Waals surface area contributed by atoms with Crippen molar-refractivity contribution in [3.63, 3.8) is 0 Å². The van der Waals surface area contributed by atoms with Gasteiger partial charge in [0.2, 0.25) is 0 Å². The van der Waals surface area contributed by atoms with Gasteiger partial charge in [0, 0.05) is 24.3 Å². The Morgan fingerprint density at radius 2 is 1.62 bits per heavy atom. The first-order chi connectivity index (χ1) is 12.5. The minimum Gasteiger partial charge on any atom is -0.376 e. The largest absolute Gasteiger partial charge is 0.376 e. The van der Waals surface area contributed by atoms with Crippen LogP contribution in [0, 0.1) is 0 Å². The van der Waals surface area contributed by atoms with Crippen molar-refractivity contribution >= 4 is 40.7 Å². The van der Waals surface area contributed by atoms with Crippen LogP contribution in [0.4, 0.5) is 5.69 Å². The molecule has 1 aliphatic heterocycles. The van der Waals surface area contributed by atoms with Crippen LogP contribution >= 0.6 is 23.2 Å². The van der Waals surface area contributed by atoms with Gasteiger partial charge in [-0.25, -0.2) is 0 Å². The number of hydrogen-bond acceptors (Lipinski definition) is 3. The molecule has 2 amide bonds. The molecule has 1 fully saturated rings. The summed E-state index contributed by atoms with van der Waals surface area (Å²) in [5.41, 5.74) is 1.24. The van der Waals surface area contributed by atoms with E-state index in [1.807, 2.05) is 0 Å². The third kappa shape index (κ3) is 4.55. The number of rotatable bonds is 5. The van der Waals surface area contributed by atoms with E-state index in [2.05, 4.69) is 10.6 Å². The summed E-state index contributed by atoms with van der Waals surface area (Å²) in [4.78, 5) is 24.5. The summed E-state index contributed by atoms with van der Waals surface area (Å²) >= 11 is 12.1. The topological polar surface area (TPSA) is 67.4 Å². The number of amides is 2. The Balaban J connectivity index is 1.61. The number of para-hydroxylation sites is 1. The Bertz CT molecular complexity index is 783. The normalized spacial score (nSPS) is 16.3. The second-order valence-electron chi connectivity index (χ2n) is 5.97. The molecule has 2 aromatic rings. The summed E-state index contributed by atoms with van der Waals surface area (Å²) < 4.78 is 5.48. The van der Waals surface area contributed by atoms with Gasteiger partial charge in [0.15, 0.2) is 0 Å². The standard InChI is InChI=1S/C19H18Cl2N2O3/c20-15-4-1-5-16(21)17(15)23-19(25)13-8-6-12(7-9-13)18(24)22-11-14-3-2-10-26-14/h1,4-9,14H,2-3,10-11H2,(H,22,24)(H,23,25). The number of nitrogens with one attached hydrogen (secondary N) is 2. The maximum atomic E-state index is 12.4. The van der Waals surface area contributed by atoms with Crippen molar-refractivity contribution in [3.05, 3.63) is 63.6 Å². The summed E-state index contributed by atoms with van der Waals surface area (Å²) in [6.07, 6.45) is 2.08. The van der Waals surface area contributed by atoms with E-state index in [0.717, 1.165) is 19.4 Å². The predicted octanol–water partition coefficient (Wildman–Crippen LogP) is 4.15. The van der Waals surface area contributed by atoms with E-state index in [-0.39, 0.29) is 17.9 Å². The molecule has 1 saturated heterocycles. The lowest BCUT2D eigenvalue weighted by Crippen LogP contribution is -2.31. The summed E-state index contributed by atoms with van der Waals surface area (Å²) in [5.74, 6) is -0.548. The van der Waals surface area contributed by atoms with Gasteiger partial charge in [0.25, 0.3) is 11.8 Å². The summed E-state index contributed by atoms with van der Waals surface area (Å²) in [6.45, 7) is 1.24. The highest BCUT2D eigenvalue weighted by Gasteiger charge is 2.17. The molecule has 1 atom stereocenters. The number of carbonyl (C=O) groups excluding carboxylic acids is 2. The van der Waals surface area contributed by atoms with Gasteiger partial charge >= 0.3 is 0 Å². The fourth-order valence-electron chi connectivity index (χ4n) is 2.69. The van der Waals surface area contributed by atoms with Crippen LogP contribution in [0.1, 0.15) is 33.6 Å². The molecule has 0 bridgehead atoms. The van der Waals surface area contributed by atoms with Gasteiger partial charge in [0.05, 0.1) is 21.8 Å². The van der Waals surface area contributed by atoms with Gasteiger partial charge < -0.3 is 15.4 Å². The molecule has 1 heterocycles. The molecule has 0 saturated carbocycles. The first kappa shape index (κ1) is 18.7. The second kappa shape index (κ2) is 8.54. The zero-order valence-electron chi connectivity index (χ0n) is 13.9. The van der Waals surface area contributed by atoms with Crippen LogP contribution in [0.15, 0.2) is 42.5 Å². The number of anilines is 1. The summed E-state index contributed by atoms with van der Waals surface area (Å²) in [6, 6.07) is 11.4. The Kier molecular flexibility index (Phi) is 6.14.